The number of aryl methyl sites for hydroxylation is 3. The molecule has 92 valence electrons. The molecule has 1 N–H and O–H groups in total. The number of hydrogen-bond acceptors (Lipinski definition) is 3. The number of hydrogen-bond donors (Lipinski definition) is 1. The third kappa shape index (κ3) is 2.76. The minimum absolute atomic E-state index is 0.881. The Morgan fingerprint density at radius 2 is 2.06 bits per heavy atom. The molecule has 0 radical (unpaired) electrons. The van der Waals surface area contributed by atoms with Crippen LogP contribution in [-0.2, 0) is 13.1 Å². The van der Waals surface area contributed by atoms with Crippen LogP contribution in [0.3, 0.4) is 0 Å². The van der Waals surface area contributed by atoms with Crippen molar-refractivity contribution >= 4 is 11.3 Å². The van der Waals surface area contributed by atoms with Gasteiger partial charge in [-0.2, -0.15) is 5.10 Å². The van der Waals surface area contributed by atoms with E-state index in [0.29, 0.717) is 0 Å². The molecule has 4 heteroatoms. The lowest BCUT2D eigenvalue weighted by molar-refractivity contribution is 0.658. The van der Waals surface area contributed by atoms with E-state index in [1.54, 1.807) is 0 Å². The first-order chi connectivity index (χ1) is 8.10. The number of aromatic nitrogens is 2. The second-order valence-corrected chi connectivity index (χ2v) is 5.75. The van der Waals surface area contributed by atoms with Crippen molar-refractivity contribution in [2.45, 2.75) is 33.9 Å². The van der Waals surface area contributed by atoms with Crippen molar-refractivity contribution in [3.63, 3.8) is 0 Å². The highest BCUT2D eigenvalue weighted by molar-refractivity contribution is 7.12. The molecule has 0 aliphatic heterocycles. The van der Waals surface area contributed by atoms with Crippen LogP contribution in [-0.4, -0.2) is 16.8 Å². The standard InChI is InChI=1S/C13H19N3S/c1-9-5-10(2)16(15-9)8-12-6-13(7-14-4)17-11(12)3/h5-6,14H,7-8H2,1-4H3. The smallest absolute Gasteiger partial charge is 0.0673 e. The first-order valence-electron chi connectivity index (χ1n) is 5.84. The molecule has 0 spiro atoms. The maximum Gasteiger partial charge on any atom is 0.0673 e. The predicted molar refractivity (Wildman–Crippen MR) is 72.6 cm³/mol. The molecule has 0 aliphatic carbocycles. The average molecular weight is 249 g/mol. The van der Waals surface area contributed by atoms with E-state index >= 15 is 0 Å². The zero-order chi connectivity index (χ0) is 12.4. The summed E-state index contributed by atoms with van der Waals surface area (Å²) in [6.45, 7) is 8.16. The summed E-state index contributed by atoms with van der Waals surface area (Å²) in [5, 5.41) is 7.70. The van der Waals surface area contributed by atoms with Gasteiger partial charge in [0, 0.05) is 22.0 Å². The fraction of sp³-hybridized carbons (Fsp3) is 0.462. The molecular formula is C13H19N3S. The summed E-state index contributed by atoms with van der Waals surface area (Å²) in [4.78, 5) is 2.78. The Morgan fingerprint density at radius 3 is 2.65 bits per heavy atom. The highest BCUT2D eigenvalue weighted by atomic mass is 32.1. The van der Waals surface area contributed by atoms with Crippen LogP contribution in [0.1, 0.15) is 26.7 Å². The van der Waals surface area contributed by atoms with Crippen molar-refractivity contribution < 1.29 is 0 Å². The van der Waals surface area contributed by atoms with E-state index in [0.717, 1.165) is 18.8 Å². The zero-order valence-electron chi connectivity index (χ0n) is 10.9. The molecule has 2 rings (SSSR count). The second kappa shape index (κ2) is 5.02. The average Bonchev–Trinajstić information content (AvgIpc) is 2.73. The Morgan fingerprint density at radius 1 is 1.29 bits per heavy atom. The molecule has 0 aromatic carbocycles. The summed E-state index contributed by atoms with van der Waals surface area (Å²) >= 11 is 1.87. The fourth-order valence-electron chi connectivity index (χ4n) is 2.00. The van der Waals surface area contributed by atoms with E-state index < -0.39 is 0 Å². The SMILES string of the molecule is CNCc1cc(Cn2nc(C)cc2C)c(C)s1. The van der Waals surface area contributed by atoms with Gasteiger partial charge in [-0.1, -0.05) is 0 Å². The zero-order valence-corrected chi connectivity index (χ0v) is 11.7. The molecule has 0 fully saturated rings. The lowest BCUT2D eigenvalue weighted by Crippen LogP contribution is -2.04. The number of thiophene rings is 1. The van der Waals surface area contributed by atoms with Crippen LogP contribution in [0.15, 0.2) is 12.1 Å². The van der Waals surface area contributed by atoms with E-state index in [1.807, 2.05) is 25.3 Å². The van der Waals surface area contributed by atoms with E-state index in [1.165, 1.54) is 21.0 Å². The molecule has 0 amide bonds. The van der Waals surface area contributed by atoms with Crippen molar-refractivity contribution in [1.82, 2.24) is 15.1 Å². The van der Waals surface area contributed by atoms with Crippen LogP contribution < -0.4 is 5.32 Å². The predicted octanol–water partition coefficient (Wildman–Crippen LogP) is 2.64. The quantitative estimate of drug-likeness (QED) is 0.902. The van der Waals surface area contributed by atoms with Gasteiger partial charge in [0.2, 0.25) is 0 Å². The van der Waals surface area contributed by atoms with Crippen LogP contribution in [0.4, 0.5) is 0 Å². The van der Waals surface area contributed by atoms with Gasteiger partial charge in [0.05, 0.1) is 12.2 Å². The van der Waals surface area contributed by atoms with Gasteiger partial charge in [0.1, 0.15) is 0 Å². The van der Waals surface area contributed by atoms with Crippen molar-refractivity contribution in [2.24, 2.45) is 0 Å². The molecule has 0 saturated heterocycles. The molecule has 0 bridgehead atoms. The van der Waals surface area contributed by atoms with Gasteiger partial charge in [-0.3, -0.25) is 4.68 Å². The molecule has 0 atom stereocenters. The van der Waals surface area contributed by atoms with Crippen LogP contribution in [0.2, 0.25) is 0 Å². The normalized spacial score (nSPS) is 11.1. The maximum absolute atomic E-state index is 4.51. The summed E-state index contributed by atoms with van der Waals surface area (Å²) in [5.41, 5.74) is 3.69. The summed E-state index contributed by atoms with van der Waals surface area (Å²) in [6, 6.07) is 4.41. The fourth-order valence-corrected chi connectivity index (χ4v) is 3.07. The van der Waals surface area contributed by atoms with Gasteiger partial charge in [-0.05, 0) is 45.5 Å². The molecular weight excluding hydrogens is 230 g/mol. The molecule has 2 aromatic rings. The van der Waals surface area contributed by atoms with Crippen molar-refractivity contribution in [3.8, 4) is 0 Å². The van der Waals surface area contributed by atoms with Gasteiger partial charge < -0.3 is 5.32 Å². The summed E-state index contributed by atoms with van der Waals surface area (Å²) in [7, 11) is 1.98. The van der Waals surface area contributed by atoms with Crippen LogP contribution >= 0.6 is 11.3 Å². The number of nitrogens with zero attached hydrogens (tertiary/aromatic N) is 2. The second-order valence-electron chi connectivity index (χ2n) is 4.41. The number of nitrogens with one attached hydrogen (secondary N) is 1. The Kier molecular flexibility index (Phi) is 3.64. The lowest BCUT2D eigenvalue weighted by Gasteiger charge is -2.03. The monoisotopic (exact) mass is 249 g/mol. The Bertz CT molecular complexity index is 511. The van der Waals surface area contributed by atoms with E-state index in [9.17, 15) is 0 Å². The highest BCUT2D eigenvalue weighted by Gasteiger charge is 2.08. The van der Waals surface area contributed by atoms with Crippen molar-refractivity contribution in [1.29, 1.82) is 0 Å². The van der Waals surface area contributed by atoms with Gasteiger partial charge >= 0.3 is 0 Å². The summed E-state index contributed by atoms with van der Waals surface area (Å²) in [5.74, 6) is 0. The minimum atomic E-state index is 0.881. The molecule has 2 aromatic heterocycles. The molecule has 2 heterocycles. The molecule has 0 aliphatic rings. The van der Waals surface area contributed by atoms with Gasteiger partial charge in [0.25, 0.3) is 0 Å². The van der Waals surface area contributed by atoms with Crippen molar-refractivity contribution in [3.05, 3.63) is 38.8 Å². The third-order valence-electron chi connectivity index (χ3n) is 2.85. The Balaban J connectivity index is 2.20. The molecule has 0 unspecified atom stereocenters. The maximum atomic E-state index is 4.51. The van der Waals surface area contributed by atoms with E-state index in [-0.39, 0.29) is 0 Å². The van der Waals surface area contributed by atoms with Crippen molar-refractivity contribution in [2.75, 3.05) is 7.05 Å². The Labute approximate surface area is 106 Å². The topological polar surface area (TPSA) is 29.9 Å². The highest BCUT2D eigenvalue weighted by Crippen LogP contribution is 2.22. The van der Waals surface area contributed by atoms with E-state index in [4.69, 9.17) is 0 Å². The van der Waals surface area contributed by atoms with E-state index in [2.05, 4.69) is 41.1 Å². The number of rotatable bonds is 4. The van der Waals surface area contributed by atoms with Gasteiger partial charge in [-0.15, -0.1) is 11.3 Å². The largest absolute Gasteiger partial charge is 0.315 e. The molecule has 3 nitrogen and oxygen atoms in total. The summed E-state index contributed by atoms with van der Waals surface area (Å²) < 4.78 is 2.08. The van der Waals surface area contributed by atoms with Crippen LogP contribution in [0.5, 0.6) is 0 Å². The summed E-state index contributed by atoms with van der Waals surface area (Å²) in [6.07, 6.45) is 0. The molecule has 17 heavy (non-hydrogen) atoms. The van der Waals surface area contributed by atoms with Gasteiger partial charge in [-0.25, -0.2) is 0 Å². The Hall–Kier alpha value is -1.13. The minimum Gasteiger partial charge on any atom is -0.315 e. The first kappa shape index (κ1) is 12.3. The van der Waals surface area contributed by atoms with Crippen LogP contribution in [0.25, 0.3) is 0 Å². The third-order valence-corrected chi connectivity index (χ3v) is 3.94. The van der Waals surface area contributed by atoms with Crippen LogP contribution in [0, 0.1) is 20.8 Å². The molecule has 0 saturated carbocycles. The first-order valence-corrected chi connectivity index (χ1v) is 6.65. The lowest BCUT2D eigenvalue weighted by atomic mass is 10.2. The van der Waals surface area contributed by atoms with Gasteiger partial charge in [0.15, 0.2) is 0 Å².